The van der Waals surface area contributed by atoms with Gasteiger partial charge in [-0.2, -0.15) is 5.26 Å². The van der Waals surface area contributed by atoms with Crippen molar-refractivity contribution in [3.63, 3.8) is 0 Å². The Morgan fingerprint density at radius 1 is 0.466 bits per heavy atom. The van der Waals surface area contributed by atoms with Crippen LogP contribution < -0.4 is 0 Å². The lowest BCUT2D eigenvalue weighted by Crippen LogP contribution is -2.04. The zero-order chi connectivity index (χ0) is 38.6. The average molecular weight is 740 g/mol. The molecule has 4 aromatic heterocycles. The summed E-state index contributed by atoms with van der Waals surface area (Å²) in [6.45, 7) is 16.8. The van der Waals surface area contributed by atoms with E-state index in [-0.39, 0.29) is 11.4 Å². The van der Waals surface area contributed by atoms with Crippen LogP contribution in [0.5, 0.6) is 0 Å². The number of benzene rings is 8. The highest BCUT2D eigenvalue weighted by molar-refractivity contribution is 6.24. The maximum Gasteiger partial charge on any atom is 0.218 e. The molecule has 12 aromatic rings. The van der Waals surface area contributed by atoms with Gasteiger partial charge in [-0.05, 0) is 60.2 Å². The van der Waals surface area contributed by atoms with E-state index < -0.39 is 0 Å². The summed E-state index contributed by atoms with van der Waals surface area (Å²) in [4.78, 5) is 7.97. The van der Waals surface area contributed by atoms with Gasteiger partial charge >= 0.3 is 0 Å². The Morgan fingerprint density at radius 2 is 1.12 bits per heavy atom. The maximum absolute atomic E-state index is 10.9. The van der Waals surface area contributed by atoms with Gasteiger partial charge in [0.25, 0.3) is 0 Å². The lowest BCUT2D eigenvalue weighted by Gasteiger charge is -2.21. The van der Waals surface area contributed by atoms with Crippen molar-refractivity contribution in [2.45, 2.75) is 0 Å². The average Bonchev–Trinajstić information content (AvgIpc) is 4.02. The Morgan fingerprint density at radius 3 is 1.88 bits per heavy atom. The third-order valence-corrected chi connectivity index (χ3v) is 11.6. The number of furan rings is 2. The zero-order valence-corrected chi connectivity index (χ0v) is 30.5. The third-order valence-electron chi connectivity index (χ3n) is 11.6. The Hall–Kier alpha value is -8.57. The van der Waals surface area contributed by atoms with Gasteiger partial charge in [-0.15, -0.1) is 0 Å². The lowest BCUT2D eigenvalue weighted by molar-refractivity contribution is 0.669. The molecule has 0 unspecified atom stereocenters. The highest BCUT2D eigenvalue weighted by Crippen LogP contribution is 2.49. The molecule has 7 heteroatoms. The Kier molecular flexibility index (Phi) is 6.41. The predicted molar refractivity (Wildman–Crippen MR) is 232 cm³/mol. The van der Waals surface area contributed by atoms with Gasteiger partial charge in [0.05, 0.1) is 51.8 Å². The van der Waals surface area contributed by atoms with E-state index in [0.717, 1.165) is 93.1 Å². The first-order valence-corrected chi connectivity index (χ1v) is 18.8. The smallest absolute Gasteiger partial charge is 0.218 e. The number of para-hydroxylation sites is 5. The maximum atomic E-state index is 10.9. The number of hydrogen-bond donors (Lipinski definition) is 0. The van der Waals surface area contributed by atoms with Gasteiger partial charge in [-0.1, -0.05) is 97.1 Å². The van der Waals surface area contributed by atoms with Crippen LogP contribution in [-0.2, 0) is 0 Å². The van der Waals surface area contributed by atoms with E-state index >= 15 is 0 Å². The second-order valence-electron chi connectivity index (χ2n) is 14.5. The second kappa shape index (κ2) is 11.7. The van der Waals surface area contributed by atoms with Crippen LogP contribution >= 0.6 is 0 Å². The molecule has 0 fully saturated rings. The summed E-state index contributed by atoms with van der Waals surface area (Å²) < 4.78 is 17.2. The highest BCUT2D eigenvalue weighted by atomic mass is 16.3. The molecular weight excluding hydrogens is 715 g/mol. The molecule has 0 spiro atoms. The molecule has 12 rings (SSSR count). The number of fused-ring (bicyclic) bond motifs is 13. The summed E-state index contributed by atoms with van der Waals surface area (Å²) in [5.74, 6) is 0. The van der Waals surface area contributed by atoms with E-state index in [1.54, 1.807) is 6.07 Å². The molecule has 0 aliphatic carbocycles. The fourth-order valence-corrected chi connectivity index (χ4v) is 9.21. The monoisotopic (exact) mass is 739 g/mol. The molecule has 58 heavy (non-hydrogen) atoms. The summed E-state index contributed by atoms with van der Waals surface area (Å²) in [5.41, 5.74) is 10.3. The van der Waals surface area contributed by atoms with E-state index in [1.807, 2.05) is 84.9 Å². The van der Waals surface area contributed by atoms with Crippen molar-refractivity contribution in [2.24, 2.45) is 0 Å². The summed E-state index contributed by atoms with van der Waals surface area (Å²) in [5, 5.41) is 18.8. The van der Waals surface area contributed by atoms with E-state index in [4.69, 9.17) is 22.0 Å². The number of aromatic nitrogens is 2. The molecule has 266 valence electrons. The first-order valence-electron chi connectivity index (χ1n) is 18.8. The molecule has 0 atom stereocenters. The van der Waals surface area contributed by atoms with Crippen molar-refractivity contribution in [1.29, 1.82) is 5.26 Å². The van der Waals surface area contributed by atoms with Crippen LogP contribution in [0.15, 0.2) is 160 Å². The van der Waals surface area contributed by atoms with Crippen LogP contribution in [0.4, 0.5) is 11.4 Å². The lowest BCUT2D eigenvalue weighted by atomic mass is 9.96. The predicted octanol–water partition coefficient (Wildman–Crippen LogP) is 14.3. The minimum absolute atomic E-state index is 0.229. The molecule has 0 aliphatic heterocycles. The van der Waals surface area contributed by atoms with Gasteiger partial charge in [0.15, 0.2) is 5.69 Å². The highest BCUT2D eigenvalue weighted by Gasteiger charge is 2.27. The Balaban J connectivity index is 1.24. The van der Waals surface area contributed by atoms with Crippen LogP contribution in [0, 0.1) is 24.5 Å². The summed E-state index contributed by atoms with van der Waals surface area (Å²) in [6, 6.07) is 52.7. The molecule has 0 bridgehead atoms. The Bertz CT molecular complexity index is 3910. The number of hydrogen-bond acceptors (Lipinski definition) is 3. The standard InChI is InChI=1S/C51H25N5O2/c1-53-39-24-22-34(50(48(39)54-2)56-40-18-7-3-13-30(40)37-27-46-38(26-43(37)56)32-15-6-9-20-44(32)57-46)33-17-11-12-29(28-52)49(33)55-41-19-8-4-16-36(41)47-42(55)25-23-35-31-14-5-10-21-45(31)58-51(35)47/h3-27H. The van der Waals surface area contributed by atoms with Crippen molar-refractivity contribution in [1.82, 2.24) is 9.13 Å². The minimum Gasteiger partial charge on any atom is -0.456 e. The van der Waals surface area contributed by atoms with Crippen molar-refractivity contribution in [3.8, 4) is 28.6 Å². The molecule has 0 N–H and O–H groups in total. The SMILES string of the molecule is [C-]#[N+]c1ccc(-c2cccc(C#N)c2-n2c3ccccc3c3c4oc5ccccc5c4ccc32)c(-n2c3ccccc3c3cc4oc5ccccc5c4cc32)c1[N+]#[C-]. The van der Waals surface area contributed by atoms with Crippen molar-refractivity contribution < 1.29 is 8.83 Å². The summed E-state index contributed by atoms with van der Waals surface area (Å²) in [6.07, 6.45) is 0. The van der Waals surface area contributed by atoms with Crippen LogP contribution in [-0.4, -0.2) is 9.13 Å². The Labute approximate surface area is 329 Å². The van der Waals surface area contributed by atoms with Crippen molar-refractivity contribution in [2.75, 3.05) is 0 Å². The van der Waals surface area contributed by atoms with Gasteiger partial charge in [-0.3, -0.25) is 4.85 Å². The fraction of sp³-hybridized carbons (Fsp3) is 0. The van der Waals surface area contributed by atoms with Crippen molar-refractivity contribution >= 4 is 98.9 Å². The van der Waals surface area contributed by atoms with Crippen LogP contribution in [0.3, 0.4) is 0 Å². The van der Waals surface area contributed by atoms with Gasteiger partial charge in [0, 0.05) is 49.0 Å². The first kappa shape index (κ1) is 31.7. The topological polar surface area (TPSA) is 68.6 Å². The normalized spacial score (nSPS) is 11.7. The van der Waals surface area contributed by atoms with E-state index in [9.17, 15) is 5.26 Å². The van der Waals surface area contributed by atoms with Crippen LogP contribution in [0.1, 0.15) is 5.56 Å². The van der Waals surface area contributed by atoms with Gasteiger partial charge in [-0.25, -0.2) is 4.85 Å². The first-order chi connectivity index (χ1) is 28.7. The molecule has 0 saturated carbocycles. The number of nitriles is 1. The fourth-order valence-electron chi connectivity index (χ4n) is 9.21. The largest absolute Gasteiger partial charge is 0.456 e. The second-order valence-corrected chi connectivity index (χ2v) is 14.5. The molecule has 0 aliphatic rings. The zero-order valence-electron chi connectivity index (χ0n) is 30.5. The van der Waals surface area contributed by atoms with E-state index in [0.29, 0.717) is 22.5 Å². The molecule has 0 saturated heterocycles. The van der Waals surface area contributed by atoms with Crippen LogP contribution in [0.25, 0.3) is 120 Å². The quantitative estimate of drug-likeness (QED) is 0.169. The van der Waals surface area contributed by atoms with E-state index in [2.05, 4.69) is 85.6 Å². The molecule has 0 amide bonds. The van der Waals surface area contributed by atoms with Gasteiger partial charge < -0.3 is 18.0 Å². The molecule has 0 radical (unpaired) electrons. The van der Waals surface area contributed by atoms with E-state index in [1.165, 1.54) is 0 Å². The molecule has 7 nitrogen and oxygen atoms in total. The van der Waals surface area contributed by atoms with Gasteiger partial charge in [0.2, 0.25) is 5.69 Å². The summed E-state index contributed by atoms with van der Waals surface area (Å²) in [7, 11) is 0. The molecule has 8 aromatic carbocycles. The molecule has 4 heterocycles. The summed E-state index contributed by atoms with van der Waals surface area (Å²) >= 11 is 0. The number of nitrogens with zero attached hydrogens (tertiary/aromatic N) is 5. The van der Waals surface area contributed by atoms with Gasteiger partial charge in [0.1, 0.15) is 28.4 Å². The third kappa shape index (κ3) is 4.13. The number of rotatable bonds is 3. The minimum atomic E-state index is 0.229. The molecular formula is C51H25N5O2. The van der Waals surface area contributed by atoms with Crippen LogP contribution in [0.2, 0.25) is 0 Å². The van der Waals surface area contributed by atoms with Crippen molar-refractivity contribution in [3.05, 3.63) is 180 Å².